The number of likely N-dealkylation sites (tertiary alicyclic amines) is 1. The summed E-state index contributed by atoms with van der Waals surface area (Å²) < 4.78 is 12.0. The standard InChI is InChI=1S/C11H20N2O2/c1-13-5-3-11(14-6-7-15-11)10(9-13)2-4-12-8-10/h12H,2-9H2,1H3. The van der Waals surface area contributed by atoms with Gasteiger partial charge >= 0.3 is 0 Å². The summed E-state index contributed by atoms with van der Waals surface area (Å²) in [6.07, 6.45) is 2.20. The number of hydrogen-bond acceptors (Lipinski definition) is 4. The number of nitrogens with one attached hydrogen (secondary N) is 1. The van der Waals surface area contributed by atoms with E-state index < -0.39 is 0 Å². The Bertz CT molecular complexity index is 245. The fourth-order valence-corrected chi connectivity index (χ4v) is 3.43. The van der Waals surface area contributed by atoms with Crippen molar-refractivity contribution in [1.29, 1.82) is 0 Å². The van der Waals surface area contributed by atoms with Crippen molar-refractivity contribution in [1.82, 2.24) is 10.2 Å². The maximum Gasteiger partial charge on any atom is 0.177 e. The van der Waals surface area contributed by atoms with E-state index >= 15 is 0 Å². The molecule has 0 amide bonds. The second-order valence-corrected chi connectivity index (χ2v) is 5.14. The molecular weight excluding hydrogens is 192 g/mol. The van der Waals surface area contributed by atoms with Gasteiger partial charge in [-0.2, -0.15) is 0 Å². The Labute approximate surface area is 90.9 Å². The third kappa shape index (κ3) is 1.35. The van der Waals surface area contributed by atoms with E-state index in [1.54, 1.807) is 0 Å². The van der Waals surface area contributed by atoms with Gasteiger partial charge < -0.3 is 19.7 Å². The topological polar surface area (TPSA) is 33.7 Å². The van der Waals surface area contributed by atoms with Crippen molar-refractivity contribution < 1.29 is 9.47 Å². The first kappa shape index (κ1) is 10.0. The quantitative estimate of drug-likeness (QED) is 0.615. The number of ether oxygens (including phenoxy) is 2. The molecule has 1 unspecified atom stereocenters. The zero-order valence-electron chi connectivity index (χ0n) is 9.42. The summed E-state index contributed by atoms with van der Waals surface area (Å²) in [6.45, 7) is 5.86. The summed E-state index contributed by atoms with van der Waals surface area (Å²) in [5.41, 5.74) is 0.191. The van der Waals surface area contributed by atoms with Gasteiger partial charge in [-0.1, -0.05) is 0 Å². The van der Waals surface area contributed by atoms with Crippen molar-refractivity contribution in [3.05, 3.63) is 0 Å². The fraction of sp³-hybridized carbons (Fsp3) is 1.00. The Hall–Kier alpha value is -0.160. The van der Waals surface area contributed by atoms with E-state index in [1.807, 2.05) is 0 Å². The highest BCUT2D eigenvalue weighted by molar-refractivity contribution is 5.05. The highest BCUT2D eigenvalue weighted by Crippen LogP contribution is 2.48. The smallest absolute Gasteiger partial charge is 0.177 e. The third-order valence-corrected chi connectivity index (χ3v) is 4.20. The highest BCUT2D eigenvalue weighted by atomic mass is 16.7. The summed E-state index contributed by atoms with van der Waals surface area (Å²) >= 11 is 0. The monoisotopic (exact) mass is 212 g/mol. The maximum atomic E-state index is 5.98. The first-order valence-corrected chi connectivity index (χ1v) is 5.94. The summed E-state index contributed by atoms with van der Waals surface area (Å²) in [5, 5.41) is 3.47. The molecule has 0 aliphatic carbocycles. The molecule has 3 rings (SSSR count). The number of rotatable bonds is 0. The summed E-state index contributed by atoms with van der Waals surface area (Å²) in [6, 6.07) is 0. The Morgan fingerprint density at radius 2 is 2.00 bits per heavy atom. The highest BCUT2D eigenvalue weighted by Gasteiger charge is 2.59. The van der Waals surface area contributed by atoms with E-state index in [2.05, 4.69) is 17.3 Å². The van der Waals surface area contributed by atoms with Crippen molar-refractivity contribution in [2.45, 2.75) is 18.6 Å². The molecule has 15 heavy (non-hydrogen) atoms. The van der Waals surface area contributed by atoms with Gasteiger partial charge in [0.05, 0.1) is 18.6 Å². The molecule has 0 aromatic carbocycles. The molecule has 1 atom stereocenters. The zero-order chi connectivity index (χ0) is 10.4. The molecule has 1 N–H and O–H groups in total. The molecule has 86 valence electrons. The van der Waals surface area contributed by atoms with E-state index in [0.29, 0.717) is 0 Å². The molecule has 3 fully saturated rings. The van der Waals surface area contributed by atoms with E-state index in [-0.39, 0.29) is 11.2 Å². The van der Waals surface area contributed by atoms with Crippen LogP contribution in [0, 0.1) is 5.41 Å². The van der Waals surface area contributed by atoms with Crippen LogP contribution in [0.3, 0.4) is 0 Å². The van der Waals surface area contributed by atoms with Crippen molar-refractivity contribution >= 4 is 0 Å². The largest absolute Gasteiger partial charge is 0.347 e. The molecule has 3 aliphatic rings. The van der Waals surface area contributed by atoms with Crippen LogP contribution in [0.4, 0.5) is 0 Å². The second-order valence-electron chi connectivity index (χ2n) is 5.14. The predicted octanol–water partition coefficient (Wildman–Crippen LogP) is 0.0447. The van der Waals surface area contributed by atoms with Crippen molar-refractivity contribution in [2.24, 2.45) is 5.41 Å². The van der Waals surface area contributed by atoms with Crippen LogP contribution in [0.2, 0.25) is 0 Å². The Morgan fingerprint density at radius 1 is 1.20 bits per heavy atom. The van der Waals surface area contributed by atoms with Crippen molar-refractivity contribution in [3.63, 3.8) is 0 Å². The van der Waals surface area contributed by atoms with Gasteiger partial charge in [0.25, 0.3) is 0 Å². The van der Waals surface area contributed by atoms with Gasteiger partial charge in [0.15, 0.2) is 5.79 Å². The summed E-state index contributed by atoms with van der Waals surface area (Å²) in [5.74, 6) is -0.275. The zero-order valence-corrected chi connectivity index (χ0v) is 9.42. The maximum absolute atomic E-state index is 5.98. The second kappa shape index (κ2) is 3.42. The van der Waals surface area contributed by atoms with Gasteiger partial charge in [0, 0.05) is 26.1 Å². The Balaban J connectivity index is 1.91. The number of hydrogen-bond donors (Lipinski definition) is 1. The van der Waals surface area contributed by atoms with Crippen LogP contribution in [0.25, 0.3) is 0 Å². The van der Waals surface area contributed by atoms with Crippen LogP contribution in [0.1, 0.15) is 12.8 Å². The van der Waals surface area contributed by atoms with Gasteiger partial charge in [-0.3, -0.25) is 0 Å². The molecule has 2 spiro atoms. The molecule has 0 bridgehead atoms. The first-order valence-electron chi connectivity index (χ1n) is 5.94. The normalized spacial score (nSPS) is 40.6. The van der Waals surface area contributed by atoms with Crippen LogP contribution in [-0.4, -0.2) is 57.1 Å². The van der Waals surface area contributed by atoms with E-state index in [4.69, 9.17) is 9.47 Å². The van der Waals surface area contributed by atoms with Gasteiger partial charge in [-0.25, -0.2) is 0 Å². The van der Waals surface area contributed by atoms with Crippen LogP contribution in [0.15, 0.2) is 0 Å². The molecule has 0 saturated carbocycles. The lowest BCUT2D eigenvalue weighted by Gasteiger charge is -2.50. The van der Waals surface area contributed by atoms with Crippen molar-refractivity contribution in [3.8, 4) is 0 Å². The van der Waals surface area contributed by atoms with E-state index in [1.165, 1.54) is 6.42 Å². The van der Waals surface area contributed by atoms with Crippen LogP contribution in [0.5, 0.6) is 0 Å². The minimum Gasteiger partial charge on any atom is -0.347 e. The molecule has 0 aromatic heterocycles. The molecular formula is C11H20N2O2. The van der Waals surface area contributed by atoms with Gasteiger partial charge in [0.1, 0.15) is 0 Å². The van der Waals surface area contributed by atoms with Gasteiger partial charge in [-0.05, 0) is 20.0 Å². The van der Waals surface area contributed by atoms with Crippen LogP contribution >= 0.6 is 0 Å². The molecule has 3 saturated heterocycles. The molecule has 0 radical (unpaired) electrons. The Morgan fingerprint density at radius 3 is 2.67 bits per heavy atom. The molecule has 0 aromatic rings. The fourth-order valence-electron chi connectivity index (χ4n) is 3.43. The summed E-state index contributed by atoms with van der Waals surface area (Å²) in [4.78, 5) is 2.41. The van der Waals surface area contributed by atoms with Crippen molar-refractivity contribution in [2.75, 3.05) is 46.4 Å². The first-order chi connectivity index (χ1) is 7.27. The Kier molecular flexibility index (Phi) is 2.28. The van der Waals surface area contributed by atoms with Crippen LogP contribution < -0.4 is 5.32 Å². The average molecular weight is 212 g/mol. The molecule has 3 aliphatic heterocycles. The van der Waals surface area contributed by atoms with Gasteiger partial charge in [-0.15, -0.1) is 0 Å². The molecule has 4 heteroatoms. The third-order valence-electron chi connectivity index (χ3n) is 4.20. The molecule has 4 nitrogen and oxygen atoms in total. The summed E-state index contributed by atoms with van der Waals surface area (Å²) in [7, 11) is 2.20. The SMILES string of the molecule is CN1CCC2(OCCO2)C2(CCNC2)C1. The lowest BCUT2D eigenvalue weighted by atomic mass is 9.73. The minimum absolute atomic E-state index is 0.191. The van der Waals surface area contributed by atoms with E-state index in [0.717, 1.165) is 45.8 Å². The minimum atomic E-state index is -0.275. The average Bonchev–Trinajstić information content (AvgIpc) is 2.83. The number of nitrogens with zero attached hydrogens (tertiary/aromatic N) is 1. The number of fused-ring (bicyclic) bond motifs is 1. The van der Waals surface area contributed by atoms with E-state index in [9.17, 15) is 0 Å². The van der Waals surface area contributed by atoms with Gasteiger partial charge in [0.2, 0.25) is 0 Å². The molecule has 3 heterocycles. The lowest BCUT2D eigenvalue weighted by molar-refractivity contribution is -0.257. The van der Waals surface area contributed by atoms with Crippen LogP contribution in [-0.2, 0) is 9.47 Å². The lowest BCUT2D eigenvalue weighted by Crippen LogP contribution is -2.60. The predicted molar refractivity (Wildman–Crippen MR) is 56.7 cm³/mol. The number of piperidine rings is 1.